The summed E-state index contributed by atoms with van der Waals surface area (Å²) < 4.78 is 7.67. The highest BCUT2D eigenvalue weighted by molar-refractivity contribution is 6.01. The van der Waals surface area contributed by atoms with Crippen molar-refractivity contribution in [2.24, 2.45) is 5.10 Å². The number of rotatable bonds is 7. The van der Waals surface area contributed by atoms with Crippen molar-refractivity contribution < 1.29 is 9.42 Å². The molecule has 1 atom stereocenters. The average Bonchev–Trinajstić information content (AvgIpc) is 3.65. The first kappa shape index (κ1) is 23.2. The summed E-state index contributed by atoms with van der Waals surface area (Å²) in [7, 11) is 0. The highest BCUT2D eigenvalue weighted by Crippen LogP contribution is 2.23. The molecule has 1 saturated heterocycles. The van der Waals surface area contributed by atoms with E-state index >= 15 is 0 Å². The second kappa shape index (κ2) is 9.99. The Bertz CT molecular complexity index is 1370. The van der Waals surface area contributed by atoms with Crippen molar-refractivity contribution in [2.45, 2.75) is 45.7 Å². The Kier molecular flexibility index (Phi) is 6.44. The summed E-state index contributed by atoms with van der Waals surface area (Å²) in [5.74, 6) is -0.275. The van der Waals surface area contributed by atoms with Crippen molar-refractivity contribution in [1.82, 2.24) is 55.8 Å². The summed E-state index contributed by atoms with van der Waals surface area (Å²) in [5.41, 5.74) is 11.3. The van der Waals surface area contributed by atoms with Crippen molar-refractivity contribution in [1.29, 1.82) is 0 Å². The van der Waals surface area contributed by atoms with E-state index in [4.69, 9.17) is 10.4 Å². The Balaban J connectivity index is 1.40. The molecule has 4 heterocycles. The standard InChI is InChI=1S/C21H25N13O2/c1-13-6-3-4-9-32(13)11-17-18(25-30-34(17)20-19(22)27-36-28-20)21(35)26-24-14(2)15-7-5-8-16(10-15)33-12-23-29-31-33/h5,7-8,10,12-13H,3-4,6,9,11H2,1-2H3,(H2,22,27)(H,26,35)/b24-14-. The third kappa shape index (κ3) is 4.68. The van der Waals surface area contributed by atoms with E-state index in [-0.39, 0.29) is 17.3 Å². The molecule has 1 aliphatic heterocycles. The number of amides is 1. The number of carbonyl (C=O) groups excluding carboxylic acids is 1. The number of piperidine rings is 1. The molecule has 0 radical (unpaired) electrons. The topological polar surface area (TPSA) is 184 Å². The molecule has 15 heteroatoms. The Morgan fingerprint density at radius 1 is 1.28 bits per heavy atom. The Labute approximate surface area is 205 Å². The van der Waals surface area contributed by atoms with Gasteiger partial charge in [-0.3, -0.25) is 9.69 Å². The molecule has 186 valence electrons. The maximum Gasteiger partial charge on any atom is 0.293 e. The van der Waals surface area contributed by atoms with Gasteiger partial charge in [-0.25, -0.2) is 14.7 Å². The fourth-order valence-electron chi connectivity index (χ4n) is 4.12. The lowest BCUT2D eigenvalue weighted by atomic mass is 10.0. The third-order valence-corrected chi connectivity index (χ3v) is 6.17. The molecule has 0 bridgehead atoms. The van der Waals surface area contributed by atoms with Crippen LogP contribution < -0.4 is 11.2 Å². The van der Waals surface area contributed by atoms with E-state index < -0.39 is 5.91 Å². The highest BCUT2D eigenvalue weighted by atomic mass is 16.6. The lowest BCUT2D eigenvalue weighted by molar-refractivity contribution is 0.0944. The maximum atomic E-state index is 13.2. The van der Waals surface area contributed by atoms with Crippen LogP contribution in [-0.2, 0) is 6.54 Å². The lowest BCUT2D eigenvalue weighted by Crippen LogP contribution is -2.38. The summed E-state index contributed by atoms with van der Waals surface area (Å²) in [6, 6.07) is 7.80. The van der Waals surface area contributed by atoms with E-state index in [1.807, 2.05) is 24.3 Å². The van der Waals surface area contributed by atoms with Crippen molar-refractivity contribution in [3.05, 3.63) is 47.5 Å². The summed E-state index contributed by atoms with van der Waals surface area (Å²) in [6.07, 6.45) is 4.82. The molecule has 3 N–H and O–H groups in total. The van der Waals surface area contributed by atoms with E-state index in [1.165, 1.54) is 22.1 Å². The fraction of sp³-hybridized carbons (Fsp3) is 0.381. The van der Waals surface area contributed by atoms with E-state index in [1.54, 1.807) is 6.92 Å². The fourth-order valence-corrected chi connectivity index (χ4v) is 4.12. The van der Waals surface area contributed by atoms with Crippen molar-refractivity contribution in [3.63, 3.8) is 0 Å². The Morgan fingerprint density at radius 2 is 2.17 bits per heavy atom. The first-order chi connectivity index (χ1) is 17.5. The van der Waals surface area contributed by atoms with Crippen LogP contribution in [0.25, 0.3) is 11.5 Å². The number of benzene rings is 1. The van der Waals surface area contributed by atoms with E-state index in [2.05, 4.69) is 58.5 Å². The van der Waals surface area contributed by atoms with Gasteiger partial charge in [0.25, 0.3) is 5.91 Å². The summed E-state index contributed by atoms with van der Waals surface area (Å²) in [6.45, 7) is 5.28. The van der Waals surface area contributed by atoms with Crippen LogP contribution in [0.4, 0.5) is 5.82 Å². The normalized spacial score (nSPS) is 16.8. The maximum absolute atomic E-state index is 13.2. The van der Waals surface area contributed by atoms with Crippen LogP contribution in [-0.4, -0.2) is 74.6 Å². The highest BCUT2D eigenvalue weighted by Gasteiger charge is 2.28. The molecule has 1 aliphatic rings. The van der Waals surface area contributed by atoms with Gasteiger partial charge < -0.3 is 5.73 Å². The number of hydrogen-bond donors (Lipinski definition) is 2. The smallest absolute Gasteiger partial charge is 0.293 e. The molecule has 4 aromatic rings. The molecule has 1 unspecified atom stereocenters. The SMILES string of the molecule is C/C(=N/NC(=O)c1nnn(-c2nonc2N)c1CN1CCCCC1C)c1cccc(-n2cnnn2)c1. The predicted octanol–water partition coefficient (Wildman–Crippen LogP) is 0.737. The van der Waals surface area contributed by atoms with Crippen LogP contribution in [0, 0.1) is 0 Å². The molecule has 1 aromatic carbocycles. The van der Waals surface area contributed by atoms with Gasteiger partial charge in [-0.15, -0.1) is 10.2 Å². The van der Waals surface area contributed by atoms with Crippen LogP contribution in [0.5, 0.6) is 0 Å². The number of nitrogens with zero attached hydrogens (tertiary/aromatic N) is 11. The molecule has 3 aromatic heterocycles. The molecular formula is C21H25N13O2. The Morgan fingerprint density at radius 3 is 2.92 bits per heavy atom. The zero-order valence-corrected chi connectivity index (χ0v) is 19.8. The number of hydrazone groups is 1. The second-order valence-electron chi connectivity index (χ2n) is 8.53. The number of nitrogen functional groups attached to an aromatic ring is 1. The molecule has 0 spiro atoms. The zero-order valence-electron chi connectivity index (χ0n) is 19.8. The summed E-state index contributed by atoms with van der Waals surface area (Å²) in [5, 5.41) is 31.2. The number of anilines is 1. The first-order valence-corrected chi connectivity index (χ1v) is 11.5. The van der Waals surface area contributed by atoms with Gasteiger partial charge in [0.1, 0.15) is 6.33 Å². The largest absolute Gasteiger partial charge is 0.378 e. The number of tetrazole rings is 1. The predicted molar refractivity (Wildman–Crippen MR) is 126 cm³/mol. The minimum atomic E-state index is -0.507. The summed E-state index contributed by atoms with van der Waals surface area (Å²) >= 11 is 0. The number of nitrogens with one attached hydrogen (secondary N) is 1. The molecular weight excluding hydrogens is 466 g/mol. The van der Waals surface area contributed by atoms with Crippen LogP contribution >= 0.6 is 0 Å². The van der Waals surface area contributed by atoms with Gasteiger partial charge in [0.15, 0.2) is 5.69 Å². The van der Waals surface area contributed by atoms with Gasteiger partial charge in [-0.2, -0.15) is 9.78 Å². The molecule has 1 amide bonds. The van der Waals surface area contributed by atoms with Crippen LogP contribution in [0.1, 0.15) is 54.9 Å². The van der Waals surface area contributed by atoms with Crippen LogP contribution in [0.15, 0.2) is 40.3 Å². The minimum Gasteiger partial charge on any atom is -0.378 e. The number of hydrogen-bond acceptors (Lipinski definition) is 12. The molecule has 0 aliphatic carbocycles. The number of carbonyl (C=O) groups is 1. The van der Waals surface area contributed by atoms with Crippen molar-refractivity contribution in [2.75, 3.05) is 12.3 Å². The molecule has 5 rings (SSSR count). The van der Waals surface area contributed by atoms with E-state index in [9.17, 15) is 4.79 Å². The van der Waals surface area contributed by atoms with Crippen LogP contribution in [0.3, 0.4) is 0 Å². The third-order valence-electron chi connectivity index (χ3n) is 6.17. The zero-order chi connectivity index (χ0) is 25.1. The number of aromatic nitrogens is 9. The van der Waals surface area contributed by atoms with Gasteiger partial charge in [0.05, 0.1) is 17.1 Å². The van der Waals surface area contributed by atoms with Gasteiger partial charge in [0, 0.05) is 12.6 Å². The number of likely N-dealkylation sites (tertiary alicyclic amines) is 1. The molecule has 15 nitrogen and oxygen atoms in total. The quantitative estimate of drug-likeness (QED) is 0.274. The van der Waals surface area contributed by atoms with Gasteiger partial charge >= 0.3 is 0 Å². The number of nitrogens with two attached hydrogens (primary N) is 1. The molecule has 1 fully saturated rings. The van der Waals surface area contributed by atoms with Gasteiger partial charge in [-0.05, 0) is 71.7 Å². The van der Waals surface area contributed by atoms with Gasteiger partial charge in [0.2, 0.25) is 11.6 Å². The van der Waals surface area contributed by atoms with Crippen molar-refractivity contribution in [3.8, 4) is 11.5 Å². The molecule has 36 heavy (non-hydrogen) atoms. The lowest BCUT2D eigenvalue weighted by Gasteiger charge is -2.33. The summed E-state index contributed by atoms with van der Waals surface area (Å²) in [4.78, 5) is 15.4. The van der Waals surface area contributed by atoms with Crippen molar-refractivity contribution >= 4 is 17.4 Å². The first-order valence-electron chi connectivity index (χ1n) is 11.5. The Hall–Kier alpha value is -4.53. The van der Waals surface area contributed by atoms with E-state index in [0.717, 1.165) is 30.6 Å². The van der Waals surface area contributed by atoms with E-state index in [0.29, 0.717) is 24.0 Å². The molecule has 0 saturated carbocycles. The second-order valence-corrected chi connectivity index (χ2v) is 8.53. The monoisotopic (exact) mass is 491 g/mol. The van der Waals surface area contributed by atoms with Gasteiger partial charge in [-0.1, -0.05) is 23.8 Å². The van der Waals surface area contributed by atoms with Crippen LogP contribution in [0.2, 0.25) is 0 Å². The average molecular weight is 492 g/mol. The minimum absolute atomic E-state index is 0.0520.